The van der Waals surface area contributed by atoms with Gasteiger partial charge in [0.05, 0.1) is 5.56 Å². The zero-order chi connectivity index (χ0) is 13.0. The third-order valence-electron chi connectivity index (χ3n) is 2.84. The summed E-state index contributed by atoms with van der Waals surface area (Å²) in [5.41, 5.74) is 7.09. The fraction of sp³-hybridized carbons (Fsp3) is 0.462. The lowest BCUT2D eigenvalue weighted by molar-refractivity contribution is 0.0697. The number of benzene rings is 1. The molecular weight excluding hydrogens is 234 g/mol. The monoisotopic (exact) mass is 253 g/mol. The van der Waals surface area contributed by atoms with Crippen molar-refractivity contribution in [1.29, 1.82) is 0 Å². The molecule has 0 heterocycles. The van der Waals surface area contributed by atoms with Crippen LogP contribution < -0.4 is 5.73 Å². The van der Waals surface area contributed by atoms with Crippen LogP contribution in [0.1, 0.15) is 36.7 Å². The van der Waals surface area contributed by atoms with Gasteiger partial charge in [-0.15, -0.1) is 0 Å². The molecule has 0 saturated heterocycles. The third-order valence-corrected chi connectivity index (χ3v) is 4.39. The van der Waals surface area contributed by atoms with E-state index in [0.29, 0.717) is 22.6 Å². The van der Waals surface area contributed by atoms with Gasteiger partial charge in [-0.2, -0.15) is 11.8 Å². The van der Waals surface area contributed by atoms with E-state index in [2.05, 4.69) is 20.8 Å². The lowest BCUT2D eigenvalue weighted by Gasteiger charge is -2.16. The summed E-state index contributed by atoms with van der Waals surface area (Å²) in [5.74, 6) is 0.316. The molecule has 1 atom stereocenters. The van der Waals surface area contributed by atoms with E-state index in [4.69, 9.17) is 10.8 Å². The van der Waals surface area contributed by atoms with Crippen molar-refractivity contribution in [3.05, 3.63) is 29.3 Å². The lowest BCUT2D eigenvalue weighted by atomic mass is 10.1. The number of aromatic carboxylic acids is 1. The molecule has 0 aliphatic carbocycles. The second kappa shape index (κ2) is 5.96. The van der Waals surface area contributed by atoms with Crippen molar-refractivity contribution in [1.82, 2.24) is 0 Å². The average Bonchev–Trinajstić information content (AvgIpc) is 2.24. The Morgan fingerprint density at radius 3 is 2.59 bits per heavy atom. The molecular formula is C13H19NO2S. The normalized spacial score (nSPS) is 12.7. The van der Waals surface area contributed by atoms with E-state index in [0.717, 1.165) is 5.56 Å². The highest BCUT2D eigenvalue weighted by Crippen LogP contribution is 2.26. The Morgan fingerprint density at radius 2 is 2.06 bits per heavy atom. The van der Waals surface area contributed by atoms with Gasteiger partial charge in [-0.3, -0.25) is 0 Å². The second-order valence-electron chi connectivity index (χ2n) is 4.45. The zero-order valence-corrected chi connectivity index (χ0v) is 11.3. The molecule has 1 aromatic carbocycles. The number of nitrogen functional groups attached to an aromatic ring is 1. The van der Waals surface area contributed by atoms with E-state index in [1.807, 2.05) is 6.07 Å². The lowest BCUT2D eigenvalue weighted by Crippen LogP contribution is -2.09. The van der Waals surface area contributed by atoms with Crippen LogP contribution in [-0.4, -0.2) is 16.3 Å². The summed E-state index contributed by atoms with van der Waals surface area (Å²) < 4.78 is 0. The molecule has 1 aromatic rings. The quantitative estimate of drug-likeness (QED) is 0.791. The van der Waals surface area contributed by atoms with Gasteiger partial charge in [0.15, 0.2) is 0 Å². The third kappa shape index (κ3) is 3.66. The van der Waals surface area contributed by atoms with Gasteiger partial charge in [-0.25, -0.2) is 4.79 Å². The number of rotatable bonds is 5. The minimum absolute atomic E-state index is 0.246. The van der Waals surface area contributed by atoms with E-state index in [1.54, 1.807) is 23.9 Å². The second-order valence-corrected chi connectivity index (χ2v) is 5.81. The van der Waals surface area contributed by atoms with Gasteiger partial charge in [-0.05, 0) is 17.5 Å². The molecule has 0 aliphatic heterocycles. The van der Waals surface area contributed by atoms with Crippen molar-refractivity contribution in [3.63, 3.8) is 0 Å². The van der Waals surface area contributed by atoms with Crippen molar-refractivity contribution >= 4 is 23.4 Å². The fourth-order valence-electron chi connectivity index (χ4n) is 1.41. The maximum Gasteiger partial charge on any atom is 0.338 e. The van der Waals surface area contributed by atoms with Gasteiger partial charge in [0.25, 0.3) is 0 Å². The van der Waals surface area contributed by atoms with E-state index in [9.17, 15) is 4.79 Å². The predicted octanol–water partition coefficient (Wildman–Crippen LogP) is 3.24. The van der Waals surface area contributed by atoms with Crippen molar-refractivity contribution < 1.29 is 9.90 Å². The summed E-state index contributed by atoms with van der Waals surface area (Å²) in [5, 5.41) is 9.63. The van der Waals surface area contributed by atoms with E-state index in [1.165, 1.54) is 0 Å². The first-order valence-corrected chi connectivity index (χ1v) is 6.70. The molecule has 0 spiro atoms. The number of anilines is 1. The van der Waals surface area contributed by atoms with E-state index >= 15 is 0 Å². The standard InChI is InChI=1S/C13H19NO2S/c1-8(2)9(3)17-7-10-5-4-6-11(14)12(10)13(15)16/h4-6,8-9H,7,14H2,1-3H3,(H,15,16). The number of carboxylic acids is 1. The highest BCUT2D eigenvalue weighted by Gasteiger charge is 2.15. The molecule has 3 nitrogen and oxygen atoms in total. The van der Waals surface area contributed by atoms with Crippen LogP contribution in [0.25, 0.3) is 0 Å². The molecule has 0 aromatic heterocycles. The predicted molar refractivity (Wildman–Crippen MR) is 73.4 cm³/mol. The molecule has 1 rings (SSSR count). The Balaban J connectivity index is 2.84. The van der Waals surface area contributed by atoms with Gasteiger partial charge < -0.3 is 10.8 Å². The van der Waals surface area contributed by atoms with Gasteiger partial charge in [0.1, 0.15) is 0 Å². The minimum Gasteiger partial charge on any atom is -0.478 e. The molecule has 0 aliphatic rings. The first-order valence-electron chi connectivity index (χ1n) is 5.65. The molecule has 0 radical (unpaired) electrons. The number of hydrogen-bond donors (Lipinski definition) is 2. The summed E-state index contributed by atoms with van der Waals surface area (Å²) >= 11 is 1.76. The van der Waals surface area contributed by atoms with Crippen molar-refractivity contribution in [2.75, 3.05) is 5.73 Å². The van der Waals surface area contributed by atoms with Crippen LogP contribution in [0.5, 0.6) is 0 Å². The van der Waals surface area contributed by atoms with Crippen LogP contribution >= 0.6 is 11.8 Å². The Labute approximate surface area is 106 Å². The molecule has 94 valence electrons. The Bertz CT molecular complexity index is 404. The first-order chi connectivity index (χ1) is 7.93. The highest BCUT2D eigenvalue weighted by molar-refractivity contribution is 7.99. The Kier molecular flexibility index (Phi) is 4.87. The molecule has 0 amide bonds. The Morgan fingerprint density at radius 1 is 1.41 bits per heavy atom. The number of nitrogens with two attached hydrogens (primary N) is 1. The molecule has 17 heavy (non-hydrogen) atoms. The number of hydrogen-bond acceptors (Lipinski definition) is 3. The molecule has 0 saturated carbocycles. The summed E-state index contributed by atoms with van der Waals surface area (Å²) in [6.45, 7) is 6.48. The number of carbonyl (C=O) groups is 1. The Hall–Kier alpha value is -1.16. The van der Waals surface area contributed by atoms with Gasteiger partial charge in [0.2, 0.25) is 0 Å². The maximum absolute atomic E-state index is 11.1. The first kappa shape index (κ1) is 13.9. The van der Waals surface area contributed by atoms with Gasteiger partial charge >= 0.3 is 5.97 Å². The summed E-state index contributed by atoms with van der Waals surface area (Å²) in [6.07, 6.45) is 0. The van der Waals surface area contributed by atoms with Crippen LogP contribution in [-0.2, 0) is 5.75 Å². The largest absolute Gasteiger partial charge is 0.478 e. The minimum atomic E-state index is -0.948. The summed E-state index contributed by atoms with van der Waals surface area (Å²) in [6, 6.07) is 5.26. The van der Waals surface area contributed by atoms with Crippen molar-refractivity contribution in [2.45, 2.75) is 31.8 Å². The van der Waals surface area contributed by atoms with Crippen LogP contribution in [0, 0.1) is 5.92 Å². The molecule has 4 heteroatoms. The van der Waals surface area contributed by atoms with Gasteiger partial charge in [-0.1, -0.05) is 32.9 Å². The molecule has 3 N–H and O–H groups in total. The van der Waals surface area contributed by atoms with Crippen molar-refractivity contribution in [3.8, 4) is 0 Å². The highest BCUT2D eigenvalue weighted by atomic mass is 32.2. The SMILES string of the molecule is CC(C)C(C)SCc1cccc(N)c1C(=O)O. The maximum atomic E-state index is 11.1. The van der Waals surface area contributed by atoms with Crippen LogP contribution in [0.3, 0.4) is 0 Å². The van der Waals surface area contributed by atoms with Crippen molar-refractivity contribution in [2.24, 2.45) is 5.92 Å². The average molecular weight is 253 g/mol. The molecule has 0 bridgehead atoms. The number of thioether (sulfide) groups is 1. The van der Waals surface area contributed by atoms with E-state index in [-0.39, 0.29) is 5.56 Å². The number of carboxylic acid groups (broad SMARTS) is 1. The zero-order valence-electron chi connectivity index (χ0n) is 10.4. The van der Waals surface area contributed by atoms with Crippen LogP contribution in [0.4, 0.5) is 5.69 Å². The fourth-order valence-corrected chi connectivity index (χ4v) is 2.48. The smallest absolute Gasteiger partial charge is 0.338 e. The van der Waals surface area contributed by atoms with E-state index < -0.39 is 5.97 Å². The molecule has 1 unspecified atom stereocenters. The topological polar surface area (TPSA) is 63.3 Å². The molecule has 0 fully saturated rings. The van der Waals surface area contributed by atoms with Gasteiger partial charge in [0, 0.05) is 16.7 Å². The summed E-state index contributed by atoms with van der Waals surface area (Å²) in [4.78, 5) is 11.1. The van der Waals surface area contributed by atoms with Crippen LogP contribution in [0.2, 0.25) is 0 Å². The van der Waals surface area contributed by atoms with Crippen LogP contribution in [0.15, 0.2) is 18.2 Å². The summed E-state index contributed by atoms with van der Waals surface area (Å²) in [7, 11) is 0.